The van der Waals surface area contributed by atoms with Gasteiger partial charge in [-0.1, -0.05) is 0 Å². The van der Waals surface area contributed by atoms with Gasteiger partial charge in [-0.3, -0.25) is 4.79 Å². The smallest absolute Gasteiger partial charge is 0.236 e. The summed E-state index contributed by atoms with van der Waals surface area (Å²) >= 11 is 0. The van der Waals surface area contributed by atoms with Gasteiger partial charge in [0.05, 0.1) is 6.04 Å². The minimum atomic E-state index is -0.154. The Balaban J connectivity index is 3.51. The minimum absolute atomic E-state index is 0.0227. The Morgan fingerprint density at radius 3 is 2.83 bits per heavy atom. The van der Waals surface area contributed by atoms with Gasteiger partial charge in [-0.25, -0.2) is 0 Å². The molecule has 3 nitrogen and oxygen atoms in total. The van der Waals surface area contributed by atoms with E-state index in [1.807, 2.05) is 13.8 Å². The Kier molecular flexibility index (Phi) is 6.12. The lowest BCUT2D eigenvalue weighted by molar-refractivity contribution is -0.122. The molecule has 0 heterocycles. The molecule has 3 heteroatoms. The molecule has 1 atom stereocenters. The average Bonchev–Trinajstić information content (AvgIpc) is 2.05. The number of hydrogen-bond acceptors (Lipinski definition) is 2. The highest BCUT2D eigenvalue weighted by Gasteiger charge is 2.08. The van der Waals surface area contributed by atoms with Crippen molar-refractivity contribution >= 4 is 5.91 Å². The molecule has 68 valence electrons. The molecule has 0 aliphatic carbocycles. The summed E-state index contributed by atoms with van der Waals surface area (Å²) in [7, 11) is 0. The van der Waals surface area contributed by atoms with Gasteiger partial charge in [0.2, 0.25) is 5.91 Å². The van der Waals surface area contributed by atoms with E-state index in [2.05, 4.69) is 16.6 Å². The SMILES string of the molecule is C#CCCNC(C)C(=O)NCC. The normalized spacial score (nSPS) is 11.8. The summed E-state index contributed by atoms with van der Waals surface area (Å²) in [6.45, 7) is 5.07. The maximum atomic E-state index is 11.1. The van der Waals surface area contributed by atoms with Crippen LogP contribution in [0.4, 0.5) is 0 Å². The highest BCUT2D eigenvalue weighted by molar-refractivity contribution is 5.81. The molecule has 0 aromatic carbocycles. The minimum Gasteiger partial charge on any atom is -0.355 e. The summed E-state index contributed by atoms with van der Waals surface area (Å²) in [4.78, 5) is 11.1. The molecule has 0 aromatic rings. The van der Waals surface area contributed by atoms with E-state index in [1.165, 1.54) is 0 Å². The first-order valence-corrected chi connectivity index (χ1v) is 4.17. The van der Waals surface area contributed by atoms with Crippen LogP contribution >= 0.6 is 0 Å². The van der Waals surface area contributed by atoms with Crippen LogP contribution in [0.3, 0.4) is 0 Å². The fourth-order valence-corrected chi connectivity index (χ4v) is 0.781. The molecule has 0 aliphatic rings. The lowest BCUT2D eigenvalue weighted by Gasteiger charge is -2.11. The second kappa shape index (κ2) is 6.68. The highest BCUT2D eigenvalue weighted by Crippen LogP contribution is 1.82. The summed E-state index contributed by atoms with van der Waals surface area (Å²) in [5, 5.41) is 5.73. The molecule has 2 N–H and O–H groups in total. The number of carbonyl (C=O) groups is 1. The largest absolute Gasteiger partial charge is 0.355 e. The average molecular weight is 168 g/mol. The fourth-order valence-electron chi connectivity index (χ4n) is 0.781. The van der Waals surface area contributed by atoms with Crippen LogP contribution in [-0.2, 0) is 4.79 Å². The molecule has 0 fully saturated rings. The summed E-state index contributed by atoms with van der Waals surface area (Å²) in [5.74, 6) is 2.52. The van der Waals surface area contributed by atoms with E-state index in [-0.39, 0.29) is 11.9 Å². The molecule has 1 amide bonds. The van der Waals surface area contributed by atoms with E-state index in [4.69, 9.17) is 6.42 Å². The molecule has 1 unspecified atom stereocenters. The van der Waals surface area contributed by atoms with Crippen molar-refractivity contribution in [3.05, 3.63) is 0 Å². The van der Waals surface area contributed by atoms with Crippen molar-refractivity contribution in [1.82, 2.24) is 10.6 Å². The molecule has 0 rings (SSSR count). The zero-order chi connectivity index (χ0) is 9.40. The van der Waals surface area contributed by atoms with Crippen molar-refractivity contribution < 1.29 is 4.79 Å². The van der Waals surface area contributed by atoms with E-state index in [0.717, 1.165) is 0 Å². The van der Waals surface area contributed by atoms with E-state index >= 15 is 0 Å². The first-order valence-electron chi connectivity index (χ1n) is 4.17. The lowest BCUT2D eigenvalue weighted by atomic mass is 10.3. The molecule has 0 aliphatic heterocycles. The Morgan fingerprint density at radius 2 is 2.33 bits per heavy atom. The van der Waals surface area contributed by atoms with E-state index in [9.17, 15) is 4.79 Å². The third-order valence-corrected chi connectivity index (χ3v) is 1.46. The topological polar surface area (TPSA) is 41.1 Å². The van der Waals surface area contributed by atoms with Gasteiger partial charge in [0.15, 0.2) is 0 Å². The Bertz CT molecular complexity index is 172. The van der Waals surface area contributed by atoms with Gasteiger partial charge >= 0.3 is 0 Å². The molecular formula is C9H16N2O. The zero-order valence-corrected chi connectivity index (χ0v) is 7.68. The van der Waals surface area contributed by atoms with E-state index in [1.54, 1.807) is 0 Å². The summed E-state index contributed by atoms with van der Waals surface area (Å²) in [5.41, 5.74) is 0. The van der Waals surface area contributed by atoms with Gasteiger partial charge in [0.25, 0.3) is 0 Å². The van der Waals surface area contributed by atoms with Crippen LogP contribution in [0.15, 0.2) is 0 Å². The number of carbonyl (C=O) groups excluding carboxylic acids is 1. The van der Waals surface area contributed by atoms with Crippen molar-refractivity contribution in [2.24, 2.45) is 0 Å². The second-order valence-electron chi connectivity index (χ2n) is 2.52. The van der Waals surface area contributed by atoms with Crippen molar-refractivity contribution in [2.45, 2.75) is 26.3 Å². The Labute approximate surface area is 73.9 Å². The maximum Gasteiger partial charge on any atom is 0.236 e. The van der Waals surface area contributed by atoms with Gasteiger partial charge in [0, 0.05) is 19.5 Å². The van der Waals surface area contributed by atoms with Gasteiger partial charge in [-0.05, 0) is 13.8 Å². The van der Waals surface area contributed by atoms with Gasteiger partial charge in [-0.15, -0.1) is 12.3 Å². The number of likely N-dealkylation sites (N-methyl/N-ethyl adjacent to an activating group) is 1. The third-order valence-electron chi connectivity index (χ3n) is 1.46. The molecule has 0 spiro atoms. The van der Waals surface area contributed by atoms with Crippen LogP contribution in [0.25, 0.3) is 0 Å². The Morgan fingerprint density at radius 1 is 1.67 bits per heavy atom. The van der Waals surface area contributed by atoms with Crippen LogP contribution in [0.1, 0.15) is 20.3 Å². The molecular weight excluding hydrogens is 152 g/mol. The van der Waals surface area contributed by atoms with Crippen LogP contribution < -0.4 is 10.6 Å². The van der Waals surface area contributed by atoms with Gasteiger partial charge in [-0.2, -0.15) is 0 Å². The summed E-state index contributed by atoms with van der Waals surface area (Å²) in [6.07, 6.45) is 5.72. The predicted molar refractivity (Wildman–Crippen MR) is 49.6 cm³/mol. The van der Waals surface area contributed by atoms with Crippen molar-refractivity contribution in [1.29, 1.82) is 0 Å². The number of amides is 1. The first-order chi connectivity index (χ1) is 5.72. The first kappa shape index (κ1) is 11.0. The zero-order valence-electron chi connectivity index (χ0n) is 7.68. The molecule has 0 saturated heterocycles. The highest BCUT2D eigenvalue weighted by atomic mass is 16.2. The number of nitrogens with one attached hydrogen (secondary N) is 2. The van der Waals surface area contributed by atoms with E-state index in [0.29, 0.717) is 19.5 Å². The molecule has 0 aromatic heterocycles. The number of hydrogen-bond donors (Lipinski definition) is 2. The van der Waals surface area contributed by atoms with Crippen LogP contribution in [0.2, 0.25) is 0 Å². The number of rotatable bonds is 5. The maximum absolute atomic E-state index is 11.1. The van der Waals surface area contributed by atoms with Crippen LogP contribution in [0.5, 0.6) is 0 Å². The lowest BCUT2D eigenvalue weighted by Crippen LogP contribution is -2.42. The third kappa shape index (κ3) is 4.75. The quantitative estimate of drug-likeness (QED) is 0.452. The second-order valence-corrected chi connectivity index (χ2v) is 2.52. The van der Waals surface area contributed by atoms with E-state index < -0.39 is 0 Å². The monoisotopic (exact) mass is 168 g/mol. The van der Waals surface area contributed by atoms with Gasteiger partial charge < -0.3 is 10.6 Å². The number of terminal acetylenes is 1. The Hall–Kier alpha value is -1.01. The summed E-state index contributed by atoms with van der Waals surface area (Å²) < 4.78 is 0. The standard InChI is InChI=1S/C9H16N2O/c1-4-6-7-11-8(3)9(12)10-5-2/h1,8,11H,5-7H2,2-3H3,(H,10,12). The fraction of sp³-hybridized carbons (Fsp3) is 0.667. The van der Waals surface area contributed by atoms with Crippen LogP contribution in [0, 0.1) is 12.3 Å². The van der Waals surface area contributed by atoms with Gasteiger partial charge in [0.1, 0.15) is 0 Å². The van der Waals surface area contributed by atoms with Crippen LogP contribution in [-0.4, -0.2) is 25.0 Å². The molecule has 0 radical (unpaired) electrons. The van der Waals surface area contributed by atoms with Crippen molar-refractivity contribution in [3.63, 3.8) is 0 Å². The molecule has 0 saturated carbocycles. The van der Waals surface area contributed by atoms with Crippen molar-refractivity contribution in [3.8, 4) is 12.3 Å². The molecule has 12 heavy (non-hydrogen) atoms. The molecule has 0 bridgehead atoms. The van der Waals surface area contributed by atoms with Crippen molar-refractivity contribution in [2.75, 3.05) is 13.1 Å². The summed E-state index contributed by atoms with van der Waals surface area (Å²) in [6, 6.07) is -0.154. The predicted octanol–water partition coefficient (Wildman–Crippen LogP) is 0.124.